The van der Waals surface area contributed by atoms with Gasteiger partial charge in [-0.25, -0.2) is 9.78 Å². The summed E-state index contributed by atoms with van der Waals surface area (Å²) in [6.07, 6.45) is 5.82. The fraction of sp³-hybridized carbons (Fsp3) is 0.375. The van der Waals surface area contributed by atoms with E-state index < -0.39 is 5.60 Å². The number of rotatable bonds is 7. The molecule has 1 fully saturated rings. The second kappa shape index (κ2) is 8.63. The van der Waals surface area contributed by atoms with Crippen LogP contribution in [0.2, 0.25) is 0 Å². The van der Waals surface area contributed by atoms with E-state index in [0.29, 0.717) is 18.8 Å². The highest BCUT2D eigenvalue weighted by Gasteiger charge is 2.30. The van der Waals surface area contributed by atoms with Gasteiger partial charge in [-0.05, 0) is 63.4 Å². The Bertz CT molecular complexity index is 1140. The molecule has 0 saturated heterocycles. The minimum atomic E-state index is -0.832. The lowest BCUT2D eigenvalue weighted by molar-refractivity contribution is -0.117. The van der Waals surface area contributed by atoms with E-state index in [1.54, 1.807) is 37.9 Å². The smallest absolute Gasteiger partial charge is 0.325 e. The van der Waals surface area contributed by atoms with Crippen LogP contribution in [-0.4, -0.2) is 45.8 Å². The molecule has 4 rings (SSSR count). The van der Waals surface area contributed by atoms with Crippen LogP contribution in [0.5, 0.6) is 0 Å². The van der Waals surface area contributed by atoms with Crippen molar-refractivity contribution in [2.45, 2.75) is 38.7 Å². The quantitative estimate of drug-likeness (QED) is 0.523. The molecular formula is C24H29N5O3. The van der Waals surface area contributed by atoms with Crippen molar-refractivity contribution in [2.24, 2.45) is 5.92 Å². The Hall–Kier alpha value is -3.39. The van der Waals surface area contributed by atoms with E-state index in [9.17, 15) is 14.7 Å². The Morgan fingerprint density at radius 2 is 1.94 bits per heavy atom. The summed E-state index contributed by atoms with van der Waals surface area (Å²) >= 11 is 0. The third kappa shape index (κ3) is 4.91. The largest absolute Gasteiger partial charge is 0.390 e. The summed E-state index contributed by atoms with van der Waals surface area (Å²) in [7, 11) is 1.60. The molecule has 32 heavy (non-hydrogen) atoms. The molecule has 2 heterocycles. The number of fused-ring (bicyclic) bond motifs is 1. The van der Waals surface area contributed by atoms with E-state index >= 15 is 0 Å². The maximum atomic E-state index is 12.2. The minimum Gasteiger partial charge on any atom is -0.390 e. The van der Waals surface area contributed by atoms with Crippen LogP contribution in [0.3, 0.4) is 0 Å². The Morgan fingerprint density at radius 3 is 2.62 bits per heavy atom. The molecule has 1 aromatic carbocycles. The predicted molar refractivity (Wildman–Crippen MR) is 125 cm³/mol. The van der Waals surface area contributed by atoms with Gasteiger partial charge in [-0.1, -0.05) is 0 Å². The van der Waals surface area contributed by atoms with Crippen molar-refractivity contribution < 1.29 is 14.7 Å². The first kappa shape index (κ1) is 21.8. The molecule has 0 atom stereocenters. The molecule has 2 aromatic heterocycles. The average molecular weight is 436 g/mol. The molecule has 2 amide bonds. The lowest BCUT2D eigenvalue weighted by atomic mass is 10.0. The third-order valence-electron chi connectivity index (χ3n) is 5.62. The number of hydrogen-bond donors (Lipinski definition) is 3. The number of pyridine rings is 1. The molecule has 0 aliphatic heterocycles. The van der Waals surface area contributed by atoms with Gasteiger partial charge in [0.25, 0.3) is 0 Å². The van der Waals surface area contributed by atoms with Gasteiger partial charge in [-0.2, -0.15) is 0 Å². The zero-order chi connectivity index (χ0) is 22.9. The molecule has 0 unspecified atom stereocenters. The summed E-state index contributed by atoms with van der Waals surface area (Å²) in [4.78, 5) is 30.7. The summed E-state index contributed by atoms with van der Waals surface area (Å²) in [5.41, 5.74) is 1.76. The second-order valence-corrected chi connectivity index (χ2v) is 8.86. The number of anilines is 3. The zero-order valence-corrected chi connectivity index (χ0v) is 18.6. The lowest BCUT2D eigenvalue weighted by Gasteiger charge is -2.28. The molecule has 0 radical (unpaired) electrons. The number of aliphatic hydroxyl groups is 1. The van der Waals surface area contributed by atoms with Gasteiger partial charge in [0.2, 0.25) is 5.91 Å². The maximum absolute atomic E-state index is 12.2. The lowest BCUT2D eigenvalue weighted by Crippen LogP contribution is -2.28. The number of benzene rings is 1. The highest BCUT2D eigenvalue weighted by molar-refractivity contribution is 5.95. The molecule has 3 aromatic rings. The van der Waals surface area contributed by atoms with Crippen LogP contribution < -0.4 is 15.5 Å². The highest BCUT2D eigenvalue weighted by Crippen LogP contribution is 2.33. The van der Waals surface area contributed by atoms with E-state index in [1.165, 1.54) is 0 Å². The van der Waals surface area contributed by atoms with Crippen LogP contribution in [0, 0.1) is 5.92 Å². The molecule has 168 valence electrons. The first-order chi connectivity index (χ1) is 15.2. The van der Waals surface area contributed by atoms with Crippen molar-refractivity contribution in [3.05, 3.63) is 48.8 Å². The summed E-state index contributed by atoms with van der Waals surface area (Å²) < 4.78 is 1.57. The van der Waals surface area contributed by atoms with Gasteiger partial charge in [0.05, 0.1) is 11.1 Å². The fourth-order valence-electron chi connectivity index (χ4n) is 3.62. The van der Waals surface area contributed by atoms with E-state index in [-0.39, 0.29) is 17.9 Å². The second-order valence-electron chi connectivity index (χ2n) is 8.86. The van der Waals surface area contributed by atoms with Gasteiger partial charge in [0.15, 0.2) is 0 Å². The maximum Gasteiger partial charge on any atom is 0.325 e. The Morgan fingerprint density at radius 1 is 1.19 bits per heavy atom. The Kier molecular flexibility index (Phi) is 5.88. The van der Waals surface area contributed by atoms with Crippen LogP contribution in [0.1, 0.15) is 33.1 Å². The first-order valence-corrected chi connectivity index (χ1v) is 10.9. The van der Waals surface area contributed by atoms with Crippen molar-refractivity contribution in [2.75, 3.05) is 23.8 Å². The van der Waals surface area contributed by atoms with Crippen molar-refractivity contribution in [3.63, 3.8) is 0 Å². The molecule has 8 heteroatoms. The van der Waals surface area contributed by atoms with Gasteiger partial charge in [0.1, 0.15) is 5.82 Å². The molecule has 1 aliphatic rings. The van der Waals surface area contributed by atoms with E-state index in [4.69, 9.17) is 0 Å². The molecule has 8 nitrogen and oxygen atoms in total. The van der Waals surface area contributed by atoms with E-state index in [0.717, 1.165) is 35.1 Å². The number of nitrogens with one attached hydrogen (secondary N) is 2. The predicted octanol–water partition coefficient (Wildman–Crippen LogP) is 3.87. The van der Waals surface area contributed by atoms with Crippen molar-refractivity contribution in [1.82, 2.24) is 14.9 Å². The van der Waals surface area contributed by atoms with Crippen LogP contribution >= 0.6 is 0 Å². The van der Waals surface area contributed by atoms with Crippen LogP contribution in [-0.2, 0) is 4.79 Å². The molecule has 1 aliphatic carbocycles. The third-order valence-corrected chi connectivity index (χ3v) is 5.62. The molecule has 1 saturated carbocycles. The molecule has 0 bridgehead atoms. The van der Waals surface area contributed by atoms with Gasteiger partial charge in [-0.3, -0.25) is 9.36 Å². The van der Waals surface area contributed by atoms with Gasteiger partial charge >= 0.3 is 6.03 Å². The average Bonchev–Trinajstić information content (AvgIpc) is 3.52. The molecule has 0 spiro atoms. The van der Waals surface area contributed by atoms with Crippen LogP contribution in [0.15, 0.2) is 48.8 Å². The minimum absolute atomic E-state index is 0.00894. The number of nitrogens with zero attached hydrogens (tertiary/aromatic N) is 3. The van der Waals surface area contributed by atoms with E-state index in [1.807, 2.05) is 36.4 Å². The first-order valence-electron chi connectivity index (χ1n) is 10.9. The summed E-state index contributed by atoms with van der Waals surface area (Å²) in [6.45, 7) is 4.13. The highest BCUT2D eigenvalue weighted by atomic mass is 16.3. The zero-order valence-electron chi connectivity index (χ0n) is 18.6. The number of carbonyl (C=O) groups is 2. The summed E-state index contributed by atoms with van der Waals surface area (Å²) in [5, 5.41) is 16.8. The van der Waals surface area contributed by atoms with Crippen LogP contribution in [0.4, 0.5) is 22.0 Å². The number of carbonyl (C=O) groups excluding carboxylic acids is 2. The summed E-state index contributed by atoms with van der Waals surface area (Å²) in [6, 6.07) is 11.3. The van der Waals surface area contributed by atoms with Gasteiger partial charge in [-0.15, -0.1) is 0 Å². The Labute approximate surface area is 187 Å². The number of hydrogen-bond acceptors (Lipinski definition) is 5. The molecular weight excluding hydrogens is 406 g/mol. The van der Waals surface area contributed by atoms with Gasteiger partial charge in [0, 0.05) is 54.7 Å². The summed E-state index contributed by atoms with van der Waals surface area (Å²) in [5.74, 6) is 0.618. The number of aromatic nitrogens is 2. The van der Waals surface area contributed by atoms with Crippen molar-refractivity contribution >= 4 is 40.0 Å². The fourth-order valence-corrected chi connectivity index (χ4v) is 3.62. The monoisotopic (exact) mass is 435 g/mol. The van der Waals surface area contributed by atoms with Gasteiger partial charge < -0.3 is 20.6 Å². The standard InChI is InChI=1S/C24H29N5O3/c1-24(2,32)10-13-28(19-8-11-26-21(15-19)27-22(30)16-4-5-16)18-6-7-20-17(14-18)9-12-29(20)23(31)25-3/h6-9,11-12,14-16,32H,4-5,10,13H2,1-3H3,(H,25,31)(H,26,27,30). The topological polar surface area (TPSA) is 99.5 Å². The normalized spacial score (nSPS) is 13.8. The van der Waals surface area contributed by atoms with E-state index in [2.05, 4.69) is 20.5 Å². The number of amides is 2. The molecule has 3 N–H and O–H groups in total. The van der Waals surface area contributed by atoms with Crippen molar-refractivity contribution in [3.8, 4) is 0 Å². The SMILES string of the molecule is CNC(=O)n1ccc2cc(N(CCC(C)(C)O)c3ccnc(NC(=O)C4CC4)c3)ccc21. The van der Waals surface area contributed by atoms with Crippen molar-refractivity contribution in [1.29, 1.82) is 0 Å². The Balaban J connectivity index is 1.67. The van der Waals surface area contributed by atoms with Crippen LogP contribution in [0.25, 0.3) is 10.9 Å².